The molecule has 1 heterocycles. The Morgan fingerprint density at radius 2 is 2.00 bits per heavy atom. The molecule has 0 saturated carbocycles. The average molecular weight is 306 g/mol. The molecule has 1 fully saturated rings. The normalized spacial score (nSPS) is 19.4. The summed E-state index contributed by atoms with van der Waals surface area (Å²) in [6.07, 6.45) is 1.64. The monoisotopic (exact) mass is 306 g/mol. The zero-order valence-electron chi connectivity index (χ0n) is 13.7. The minimum atomic E-state index is -0.556. The summed E-state index contributed by atoms with van der Waals surface area (Å²) < 4.78 is 16.3. The Bertz CT molecular complexity index is 460. The smallest absolute Gasteiger partial charge is 0.335 e. The summed E-state index contributed by atoms with van der Waals surface area (Å²) in [6.45, 7) is 7.56. The Labute approximate surface area is 132 Å². The van der Waals surface area contributed by atoms with E-state index in [1.54, 1.807) is 6.92 Å². The molecule has 2 rings (SSSR count). The predicted molar refractivity (Wildman–Crippen MR) is 84.7 cm³/mol. The zero-order valence-corrected chi connectivity index (χ0v) is 13.7. The summed E-state index contributed by atoms with van der Waals surface area (Å²) in [7, 11) is 0. The number of benzene rings is 1. The third-order valence-electron chi connectivity index (χ3n) is 3.92. The molecule has 0 aromatic heterocycles. The van der Waals surface area contributed by atoms with Gasteiger partial charge in [-0.05, 0) is 36.8 Å². The molecule has 0 amide bonds. The first-order valence-corrected chi connectivity index (χ1v) is 8.05. The highest BCUT2D eigenvalue weighted by Gasteiger charge is 2.20. The van der Waals surface area contributed by atoms with Gasteiger partial charge in [0.1, 0.15) is 6.61 Å². The minimum Gasteiger partial charge on any atom is -0.459 e. The van der Waals surface area contributed by atoms with Crippen LogP contribution in [0.4, 0.5) is 0 Å². The highest BCUT2D eigenvalue weighted by molar-refractivity contribution is 5.74. The van der Waals surface area contributed by atoms with E-state index in [1.807, 2.05) is 12.1 Å². The van der Waals surface area contributed by atoms with Gasteiger partial charge in [0.25, 0.3) is 0 Å². The van der Waals surface area contributed by atoms with Crippen LogP contribution in [-0.2, 0) is 25.6 Å². The van der Waals surface area contributed by atoms with Crippen molar-refractivity contribution < 1.29 is 19.0 Å². The van der Waals surface area contributed by atoms with E-state index in [2.05, 4.69) is 26.0 Å². The van der Waals surface area contributed by atoms with E-state index in [0.717, 1.165) is 25.0 Å². The molecule has 0 radical (unpaired) electrons. The van der Waals surface area contributed by atoms with E-state index in [0.29, 0.717) is 12.5 Å². The fourth-order valence-electron chi connectivity index (χ4n) is 2.37. The molecule has 122 valence electrons. The molecule has 0 N–H and O–H groups in total. The number of rotatable bonds is 7. The first-order chi connectivity index (χ1) is 10.6. The van der Waals surface area contributed by atoms with Gasteiger partial charge in [-0.1, -0.05) is 38.1 Å². The molecule has 1 aliphatic heterocycles. The Kier molecular flexibility index (Phi) is 6.40. The molecule has 4 heteroatoms. The lowest BCUT2D eigenvalue weighted by atomic mass is 10.0. The molecule has 1 aliphatic rings. The summed E-state index contributed by atoms with van der Waals surface area (Å²) >= 11 is 0. The summed E-state index contributed by atoms with van der Waals surface area (Å²) in [4.78, 5) is 11.9. The van der Waals surface area contributed by atoms with E-state index < -0.39 is 6.10 Å². The standard InChI is InChI=1S/C18H26O4/c1-13(2)16-8-6-15(7-9-16)11-22-18(19)14(3)21-12-17-5-4-10-20-17/h6-9,13-14,17H,4-5,10-12H2,1-3H3. The van der Waals surface area contributed by atoms with Crippen LogP contribution in [0.1, 0.15) is 50.7 Å². The van der Waals surface area contributed by atoms with Crippen LogP contribution < -0.4 is 0 Å². The van der Waals surface area contributed by atoms with Crippen LogP contribution in [0.5, 0.6) is 0 Å². The van der Waals surface area contributed by atoms with Crippen LogP contribution in [-0.4, -0.2) is 31.4 Å². The van der Waals surface area contributed by atoms with Crippen molar-refractivity contribution >= 4 is 5.97 Å². The molecule has 2 atom stereocenters. The van der Waals surface area contributed by atoms with Crippen molar-refractivity contribution in [3.63, 3.8) is 0 Å². The Morgan fingerprint density at radius 3 is 2.59 bits per heavy atom. The molecule has 22 heavy (non-hydrogen) atoms. The first kappa shape index (κ1) is 17.0. The van der Waals surface area contributed by atoms with Gasteiger partial charge in [0.2, 0.25) is 0 Å². The molecule has 0 bridgehead atoms. The number of carbonyl (C=O) groups is 1. The quantitative estimate of drug-likeness (QED) is 0.724. The highest BCUT2D eigenvalue weighted by Crippen LogP contribution is 2.16. The van der Waals surface area contributed by atoms with Crippen LogP contribution in [0.25, 0.3) is 0 Å². The number of hydrogen-bond donors (Lipinski definition) is 0. The fourth-order valence-corrected chi connectivity index (χ4v) is 2.37. The lowest BCUT2D eigenvalue weighted by Crippen LogP contribution is -2.27. The maximum atomic E-state index is 11.9. The van der Waals surface area contributed by atoms with Crippen LogP contribution in [0.15, 0.2) is 24.3 Å². The Morgan fingerprint density at radius 1 is 1.27 bits per heavy atom. The number of esters is 1. The molecule has 2 unspecified atom stereocenters. The van der Waals surface area contributed by atoms with Crippen molar-refractivity contribution in [1.29, 1.82) is 0 Å². The average Bonchev–Trinajstić information content (AvgIpc) is 3.04. The van der Waals surface area contributed by atoms with Gasteiger partial charge >= 0.3 is 5.97 Å². The fraction of sp³-hybridized carbons (Fsp3) is 0.611. The zero-order chi connectivity index (χ0) is 15.9. The SMILES string of the molecule is CC(OCC1CCCO1)C(=O)OCc1ccc(C(C)C)cc1. The van der Waals surface area contributed by atoms with Crippen molar-refractivity contribution in [2.75, 3.05) is 13.2 Å². The number of hydrogen-bond acceptors (Lipinski definition) is 4. The van der Waals surface area contributed by atoms with E-state index in [1.165, 1.54) is 5.56 Å². The van der Waals surface area contributed by atoms with Gasteiger partial charge in [-0.25, -0.2) is 4.79 Å². The van der Waals surface area contributed by atoms with Crippen molar-refractivity contribution in [3.05, 3.63) is 35.4 Å². The highest BCUT2D eigenvalue weighted by atomic mass is 16.6. The van der Waals surface area contributed by atoms with Gasteiger partial charge < -0.3 is 14.2 Å². The third-order valence-corrected chi connectivity index (χ3v) is 3.92. The summed E-state index contributed by atoms with van der Waals surface area (Å²) in [5.41, 5.74) is 2.27. The van der Waals surface area contributed by atoms with Crippen LogP contribution in [0.2, 0.25) is 0 Å². The van der Waals surface area contributed by atoms with Crippen molar-refractivity contribution in [3.8, 4) is 0 Å². The van der Waals surface area contributed by atoms with Crippen LogP contribution in [0.3, 0.4) is 0 Å². The van der Waals surface area contributed by atoms with E-state index in [-0.39, 0.29) is 18.7 Å². The molecule has 0 spiro atoms. The lowest BCUT2D eigenvalue weighted by Gasteiger charge is -2.15. The first-order valence-electron chi connectivity index (χ1n) is 8.05. The van der Waals surface area contributed by atoms with Gasteiger partial charge in [-0.3, -0.25) is 0 Å². The second kappa shape index (κ2) is 8.30. The van der Waals surface area contributed by atoms with Crippen LogP contribution in [0, 0.1) is 0 Å². The predicted octanol–water partition coefficient (Wildman–Crippen LogP) is 3.44. The second-order valence-electron chi connectivity index (χ2n) is 6.11. The summed E-state index contributed by atoms with van der Waals surface area (Å²) in [5.74, 6) is 0.175. The maximum Gasteiger partial charge on any atom is 0.335 e. The topological polar surface area (TPSA) is 44.8 Å². The van der Waals surface area contributed by atoms with E-state index in [9.17, 15) is 4.79 Å². The van der Waals surface area contributed by atoms with Gasteiger partial charge in [-0.15, -0.1) is 0 Å². The molecular formula is C18H26O4. The minimum absolute atomic E-state index is 0.124. The largest absolute Gasteiger partial charge is 0.459 e. The lowest BCUT2D eigenvalue weighted by molar-refractivity contribution is -0.159. The van der Waals surface area contributed by atoms with Crippen molar-refractivity contribution in [1.82, 2.24) is 0 Å². The molecule has 1 aromatic rings. The molecule has 4 nitrogen and oxygen atoms in total. The number of ether oxygens (including phenoxy) is 3. The van der Waals surface area contributed by atoms with Gasteiger partial charge in [0.05, 0.1) is 12.7 Å². The van der Waals surface area contributed by atoms with Gasteiger partial charge in [0.15, 0.2) is 6.10 Å². The molecule has 1 saturated heterocycles. The molecule has 0 aliphatic carbocycles. The third kappa shape index (κ3) is 5.11. The van der Waals surface area contributed by atoms with Gasteiger partial charge in [0, 0.05) is 6.61 Å². The van der Waals surface area contributed by atoms with Crippen LogP contribution >= 0.6 is 0 Å². The Hall–Kier alpha value is -1.39. The Balaban J connectivity index is 1.71. The van der Waals surface area contributed by atoms with E-state index >= 15 is 0 Å². The van der Waals surface area contributed by atoms with Gasteiger partial charge in [-0.2, -0.15) is 0 Å². The number of carbonyl (C=O) groups excluding carboxylic acids is 1. The molecular weight excluding hydrogens is 280 g/mol. The van der Waals surface area contributed by atoms with Crippen molar-refractivity contribution in [2.45, 2.75) is 58.3 Å². The maximum absolute atomic E-state index is 11.9. The summed E-state index contributed by atoms with van der Waals surface area (Å²) in [5, 5.41) is 0. The molecule has 1 aromatic carbocycles. The summed E-state index contributed by atoms with van der Waals surface area (Å²) in [6, 6.07) is 8.15. The van der Waals surface area contributed by atoms with Crippen molar-refractivity contribution in [2.24, 2.45) is 0 Å². The van der Waals surface area contributed by atoms with E-state index in [4.69, 9.17) is 14.2 Å². The second-order valence-corrected chi connectivity index (χ2v) is 6.11.